The van der Waals surface area contributed by atoms with E-state index in [1.807, 2.05) is 0 Å². The summed E-state index contributed by atoms with van der Waals surface area (Å²) < 4.78 is 13.9. The Kier molecular flexibility index (Phi) is 8.69. The molecule has 0 aromatic rings. The van der Waals surface area contributed by atoms with E-state index >= 15 is 0 Å². The summed E-state index contributed by atoms with van der Waals surface area (Å²) in [4.78, 5) is 36.7. The highest BCUT2D eigenvalue weighted by Crippen LogP contribution is 2.31. The molecule has 1 unspecified atom stereocenters. The maximum absolute atomic E-state index is 12.4. The van der Waals surface area contributed by atoms with Gasteiger partial charge in [0.05, 0.1) is 6.61 Å². The van der Waals surface area contributed by atoms with Crippen LogP contribution in [0.15, 0.2) is 11.3 Å². The van der Waals surface area contributed by atoms with Gasteiger partial charge in [0.2, 0.25) is 3.79 Å². The number of hydrogen-bond donors (Lipinski definition) is 2. The van der Waals surface area contributed by atoms with Crippen molar-refractivity contribution in [2.45, 2.75) is 47.8 Å². The Morgan fingerprint density at radius 3 is 2.55 bits per heavy atom. The maximum Gasteiger partial charge on any atom is 0.408 e. The van der Waals surface area contributed by atoms with Crippen LogP contribution in [0, 0.1) is 0 Å². The normalized spacial score (nSPS) is 25.8. The molecule has 2 rings (SSSR count). The van der Waals surface area contributed by atoms with Crippen LogP contribution in [0.1, 0.15) is 26.2 Å². The molecule has 2 saturated heterocycles. The van der Waals surface area contributed by atoms with Crippen molar-refractivity contribution in [2.24, 2.45) is 0 Å². The lowest BCUT2D eigenvalue weighted by Crippen LogP contribution is -2.68. The lowest BCUT2D eigenvalue weighted by Gasteiger charge is -2.43. The van der Waals surface area contributed by atoms with E-state index in [1.54, 1.807) is 0 Å². The third-order valence-corrected chi connectivity index (χ3v) is 4.91. The van der Waals surface area contributed by atoms with Gasteiger partial charge in [0.25, 0.3) is 5.91 Å². The van der Waals surface area contributed by atoms with E-state index in [1.165, 1.54) is 6.92 Å². The van der Waals surface area contributed by atoms with Gasteiger partial charge < -0.3 is 24.6 Å². The van der Waals surface area contributed by atoms with Gasteiger partial charge in [0.1, 0.15) is 23.8 Å². The summed E-state index contributed by atoms with van der Waals surface area (Å²) in [5.41, 5.74) is -1.18. The largest absolute Gasteiger partial charge is 0.477 e. The minimum atomic E-state index is -1.81. The van der Waals surface area contributed by atoms with Gasteiger partial charge in [-0.3, -0.25) is 9.69 Å². The van der Waals surface area contributed by atoms with Crippen molar-refractivity contribution in [3.63, 3.8) is 0 Å². The van der Waals surface area contributed by atoms with Crippen LogP contribution < -0.4 is 5.32 Å². The lowest BCUT2D eigenvalue weighted by molar-refractivity contribution is -0.158. The molecule has 29 heavy (non-hydrogen) atoms. The number of carbonyl (C=O) groups excluding carboxylic acids is 2. The Hall–Kier alpha value is -0.970. The van der Waals surface area contributed by atoms with E-state index in [2.05, 4.69) is 10.1 Å². The van der Waals surface area contributed by atoms with Crippen LogP contribution in [-0.4, -0.2) is 69.4 Å². The number of nitrogens with zero attached hydrogens (tertiary/aromatic N) is 1. The molecular weight excluding hydrogens is 474 g/mol. The number of alkyl halides is 4. The molecule has 9 nitrogen and oxygen atoms in total. The second-order valence-electron chi connectivity index (χ2n) is 6.44. The second kappa shape index (κ2) is 10.4. The molecule has 2 amide bonds. The van der Waals surface area contributed by atoms with Gasteiger partial charge >= 0.3 is 12.1 Å². The predicted molar refractivity (Wildman–Crippen MR) is 105 cm³/mol. The van der Waals surface area contributed by atoms with Crippen LogP contribution in [-0.2, 0) is 23.8 Å². The van der Waals surface area contributed by atoms with Crippen molar-refractivity contribution in [1.29, 1.82) is 0 Å². The first-order valence-corrected chi connectivity index (χ1v) is 10.2. The van der Waals surface area contributed by atoms with Crippen LogP contribution in [0.4, 0.5) is 4.79 Å². The van der Waals surface area contributed by atoms with Crippen molar-refractivity contribution in [2.75, 3.05) is 19.8 Å². The average molecular weight is 494 g/mol. The topological polar surface area (TPSA) is 114 Å². The molecule has 0 radical (unpaired) electrons. The number of alkyl carbamates (subject to hydrolysis) is 1. The van der Waals surface area contributed by atoms with E-state index in [0.717, 1.165) is 17.7 Å². The summed E-state index contributed by atoms with van der Waals surface area (Å²) in [6.07, 6.45) is 1.16. The summed E-state index contributed by atoms with van der Waals surface area (Å²) in [5, 5.41) is 11.7. The zero-order valence-electron chi connectivity index (χ0n) is 15.3. The summed E-state index contributed by atoms with van der Waals surface area (Å²) in [6.45, 7) is 1.50. The number of halogens is 4. The molecule has 2 heterocycles. The number of β-lactam (4-membered cyclic amide) rings is 1. The van der Waals surface area contributed by atoms with Crippen molar-refractivity contribution in [3.05, 3.63) is 11.3 Å². The molecule has 2 fully saturated rings. The SMILES string of the molecule is CC(COC1CCCCO1)=C(C(=O)O)N1C(=O)[C@H](NC(=O)OCC(Cl)(Cl)Cl)[C@H]1Cl. The molecule has 3 atom stereocenters. The summed E-state index contributed by atoms with van der Waals surface area (Å²) in [6, 6.07) is -1.19. The molecule has 0 saturated carbocycles. The fourth-order valence-electron chi connectivity index (χ4n) is 2.76. The molecule has 2 aliphatic heterocycles. The first-order valence-electron chi connectivity index (χ1n) is 8.64. The Bertz CT molecular complexity index is 677. The van der Waals surface area contributed by atoms with Crippen LogP contribution in [0.3, 0.4) is 0 Å². The number of carbonyl (C=O) groups is 3. The van der Waals surface area contributed by atoms with Gasteiger partial charge in [-0.15, -0.1) is 0 Å². The van der Waals surface area contributed by atoms with Crippen LogP contribution in [0.5, 0.6) is 0 Å². The number of ether oxygens (including phenoxy) is 3. The second-order valence-corrected chi connectivity index (χ2v) is 9.40. The van der Waals surface area contributed by atoms with E-state index in [0.29, 0.717) is 13.0 Å². The van der Waals surface area contributed by atoms with Crippen LogP contribution >= 0.6 is 46.4 Å². The highest BCUT2D eigenvalue weighted by Gasteiger charge is 2.51. The molecular formula is C16H20Cl4N2O7. The van der Waals surface area contributed by atoms with Crippen LogP contribution in [0.25, 0.3) is 0 Å². The number of carboxylic acids is 1. The van der Waals surface area contributed by atoms with Crippen molar-refractivity contribution in [3.8, 4) is 0 Å². The smallest absolute Gasteiger partial charge is 0.408 e. The van der Waals surface area contributed by atoms with Gasteiger partial charge in [-0.05, 0) is 31.8 Å². The number of amides is 2. The monoisotopic (exact) mass is 492 g/mol. The molecule has 0 aromatic carbocycles. The number of rotatable bonds is 7. The number of nitrogens with one attached hydrogen (secondary N) is 1. The fraction of sp³-hybridized carbons (Fsp3) is 0.688. The van der Waals surface area contributed by atoms with E-state index in [4.69, 9.17) is 55.9 Å². The van der Waals surface area contributed by atoms with E-state index < -0.39 is 46.2 Å². The number of hydrogen-bond acceptors (Lipinski definition) is 6. The number of aliphatic carboxylic acids is 1. The molecule has 0 bridgehead atoms. The standard InChI is InChI=1S/C16H20Cl4N2O7/c1-8(6-28-9-4-2-3-5-27-9)11(14(24)25)22-12(17)10(13(22)23)21-15(26)29-7-16(18,19)20/h9-10,12H,2-7H2,1H3,(H,21,26)(H,24,25)/t9?,10-,12+/m1/s1. The number of likely N-dealkylation sites (tertiary alicyclic amines) is 1. The lowest BCUT2D eigenvalue weighted by atomic mass is 10.0. The summed E-state index contributed by atoms with van der Waals surface area (Å²) in [7, 11) is 0. The van der Waals surface area contributed by atoms with Crippen molar-refractivity contribution >= 4 is 64.4 Å². The van der Waals surface area contributed by atoms with Gasteiger partial charge in [0, 0.05) is 6.61 Å². The minimum Gasteiger partial charge on any atom is -0.477 e. The highest BCUT2D eigenvalue weighted by molar-refractivity contribution is 6.67. The number of carboxylic acid groups (broad SMARTS) is 1. The third kappa shape index (κ3) is 6.77. The highest BCUT2D eigenvalue weighted by atomic mass is 35.6. The molecule has 0 aliphatic carbocycles. The van der Waals surface area contributed by atoms with Gasteiger partial charge in [0.15, 0.2) is 6.29 Å². The zero-order valence-corrected chi connectivity index (χ0v) is 18.4. The molecule has 2 aliphatic rings. The Labute approximate surface area is 187 Å². The minimum absolute atomic E-state index is 0.0525. The first kappa shape index (κ1) is 24.3. The van der Waals surface area contributed by atoms with Gasteiger partial charge in [-0.1, -0.05) is 46.4 Å². The van der Waals surface area contributed by atoms with Gasteiger partial charge in [-0.25, -0.2) is 9.59 Å². The maximum atomic E-state index is 12.4. The van der Waals surface area contributed by atoms with Gasteiger partial charge in [-0.2, -0.15) is 0 Å². The van der Waals surface area contributed by atoms with Crippen molar-refractivity contribution < 1.29 is 33.7 Å². The van der Waals surface area contributed by atoms with Crippen LogP contribution in [0.2, 0.25) is 0 Å². The fourth-order valence-corrected chi connectivity index (χ4v) is 3.28. The summed E-state index contributed by atoms with van der Waals surface area (Å²) >= 11 is 22.6. The van der Waals surface area contributed by atoms with E-state index in [9.17, 15) is 19.5 Å². The summed E-state index contributed by atoms with van der Waals surface area (Å²) in [5.74, 6) is -2.08. The van der Waals surface area contributed by atoms with E-state index in [-0.39, 0.29) is 17.9 Å². The zero-order chi connectivity index (χ0) is 21.8. The van der Waals surface area contributed by atoms with Crippen molar-refractivity contribution in [1.82, 2.24) is 10.2 Å². The molecule has 13 heteroatoms. The molecule has 2 N–H and O–H groups in total. The Morgan fingerprint density at radius 1 is 1.34 bits per heavy atom. The molecule has 164 valence electrons. The molecule has 0 spiro atoms. The average Bonchev–Trinajstić information content (AvgIpc) is 2.66. The molecule has 0 aromatic heterocycles. The predicted octanol–water partition coefficient (Wildman–Crippen LogP) is 2.76. The first-order chi connectivity index (χ1) is 13.5. The Morgan fingerprint density at radius 2 is 2.03 bits per heavy atom. The quantitative estimate of drug-likeness (QED) is 0.242. The third-order valence-electron chi connectivity index (χ3n) is 4.14. The Balaban J connectivity index is 1.98.